The molecule has 0 radical (unpaired) electrons. The summed E-state index contributed by atoms with van der Waals surface area (Å²) < 4.78 is 0. The predicted octanol–water partition coefficient (Wildman–Crippen LogP) is 0.269. The zero-order valence-electron chi connectivity index (χ0n) is 6.70. The van der Waals surface area contributed by atoms with E-state index in [4.69, 9.17) is 5.21 Å². The van der Waals surface area contributed by atoms with Crippen LogP contribution in [0.3, 0.4) is 0 Å². The van der Waals surface area contributed by atoms with Crippen molar-refractivity contribution in [2.24, 2.45) is 0 Å². The van der Waals surface area contributed by atoms with Crippen LogP contribution in [0.5, 0.6) is 0 Å². The van der Waals surface area contributed by atoms with Gasteiger partial charge in [0.1, 0.15) is 0 Å². The van der Waals surface area contributed by atoms with Gasteiger partial charge in [-0.2, -0.15) is 0 Å². The monoisotopic (exact) mass is 201 g/mol. The number of aromatic nitrogens is 2. The van der Waals surface area contributed by atoms with Gasteiger partial charge in [-0.3, -0.25) is 14.8 Å². The van der Waals surface area contributed by atoms with Crippen molar-refractivity contribution in [3.8, 4) is 0 Å². The van der Waals surface area contributed by atoms with Crippen LogP contribution < -0.4 is 11.0 Å². The second kappa shape index (κ2) is 4.06. The van der Waals surface area contributed by atoms with Gasteiger partial charge in [-0.1, -0.05) is 0 Å². The number of amides is 1. The number of nitrogens with zero attached hydrogens (tertiary/aromatic N) is 1. The Morgan fingerprint density at radius 1 is 1.77 bits per heavy atom. The van der Waals surface area contributed by atoms with Crippen molar-refractivity contribution in [1.82, 2.24) is 15.4 Å². The molecule has 0 saturated carbocycles. The third-order valence-corrected chi connectivity index (χ3v) is 1.79. The number of rotatable bonds is 1. The molecule has 0 bridgehead atoms. The van der Waals surface area contributed by atoms with Crippen LogP contribution >= 0.6 is 11.8 Å². The highest BCUT2D eigenvalue weighted by Gasteiger charge is 2.05. The molecule has 0 saturated heterocycles. The van der Waals surface area contributed by atoms with Crippen molar-refractivity contribution < 1.29 is 10.0 Å². The van der Waals surface area contributed by atoms with E-state index in [1.807, 2.05) is 0 Å². The SMILES string of the molecule is Cc1cc(=O)[nH]c(SC(=O)NO)n1. The summed E-state index contributed by atoms with van der Waals surface area (Å²) >= 11 is 0.605. The third-order valence-electron chi connectivity index (χ3n) is 1.13. The van der Waals surface area contributed by atoms with E-state index in [-0.39, 0.29) is 10.7 Å². The molecule has 0 unspecified atom stereocenters. The van der Waals surface area contributed by atoms with Crippen molar-refractivity contribution in [1.29, 1.82) is 0 Å². The normalized spacial score (nSPS) is 9.69. The number of H-pyrrole nitrogens is 1. The van der Waals surface area contributed by atoms with Crippen LogP contribution in [0.25, 0.3) is 0 Å². The van der Waals surface area contributed by atoms with E-state index in [0.29, 0.717) is 17.5 Å². The van der Waals surface area contributed by atoms with Crippen molar-refractivity contribution in [3.05, 3.63) is 22.1 Å². The molecule has 6 nitrogen and oxygen atoms in total. The number of aromatic amines is 1. The fourth-order valence-electron chi connectivity index (χ4n) is 0.711. The number of thioether (sulfide) groups is 1. The van der Waals surface area contributed by atoms with Crippen LogP contribution in [0.1, 0.15) is 5.69 Å². The molecule has 3 N–H and O–H groups in total. The number of carbonyl (C=O) groups is 1. The molecule has 1 rings (SSSR count). The fraction of sp³-hybridized carbons (Fsp3) is 0.167. The number of nitrogens with one attached hydrogen (secondary N) is 2. The van der Waals surface area contributed by atoms with E-state index in [1.54, 1.807) is 6.92 Å². The summed E-state index contributed by atoms with van der Waals surface area (Å²) in [6.45, 7) is 1.64. The highest BCUT2D eigenvalue weighted by molar-refractivity contribution is 8.13. The lowest BCUT2D eigenvalue weighted by atomic mass is 10.5. The Labute approximate surface area is 77.3 Å². The summed E-state index contributed by atoms with van der Waals surface area (Å²) in [6.07, 6.45) is 0. The number of hydrogen-bond acceptors (Lipinski definition) is 5. The molecule has 0 fully saturated rings. The summed E-state index contributed by atoms with van der Waals surface area (Å²) in [5, 5.41) is 7.64. The Kier molecular flexibility index (Phi) is 3.04. The molecule has 70 valence electrons. The Morgan fingerprint density at radius 2 is 2.46 bits per heavy atom. The zero-order chi connectivity index (χ0) is 9.84. The van der Waals surface area contributed by atoms with E-state index < -0.39 is 5.24 Å². The quantitative estimate of drug-likeness (QED) is 0.262. The average molecular weight is 201 g/mol. The van der Waals surface area contributed by atoms with Crippen molar-refractivity contribution >= 4 is 17.0 Å². The standard InChI is InChI=1S/C6H7N3O3S/c1-3-2-4(10)8-5(7-3)13-6(11)9-12/h2,12H,1H3,(H,9,11)(H,7,8,10). The second-order valence-electron chi connectivity index (χ2n) is 2.19. The summed E-state index contributed by atoms with van der Waals surface area (Å²) in [5.74, 6) is 0. The van der Waals surface area contributed by atoms with Gasteiger partial charge in [0.05, 0.1) is 0 Å². The van der Waals surface area contributed by atoms with Crippen LogP contribution in [-0.4, -0.2) is 20.4 Å². The molecule has 0 aliphatic heterocycles. The first-order valence-corrected chi connectivity index (χ1v) is 4.13. The van der Waals surface area contributed by atoms with Crippen LogP contribution in [0.2, 0.25) is 0 Å². The van der Waals surface area contributed by atoms with Crippen LogP contribution in [0.15, 0.2) is 16.0 Å². The Morgan fingerprint density at radius 3 is 3.00 bits per heavy atom. The molecule has 0 aromatic carbocycles. The molecule has 0 aliphatic carbocycles. The van der Waals surface area contributed by atoms with Crippen molar-refractivity contribution in [2.75, 3.05) is 0 Å². The van der Waals surface area contributed by atoms with Crippen molar-refractivity contribution in [3.63, 3.8) is 0 Å². The lowest BCUT2D eigenvalue weighted by molar-refractivity contribution is 0.180. The Hall–Kier alpha value is -1.34. The Balaban J connectivity index is 2.89. The van der Waals surface area contributed by atoms with Gasteiger partial charge >= 0.3 is 5.24 Å². The van der Waals surface area contributed by atoms with E-state index in [1.165, 1.54) is 11.5 Å². The molecule has 0 spiro atoms. The zero-order valence-corrected chi connectivity index (χ0v) is 7.51. The maximum atomic E-state index is 10.9. The van der Waals surface area contributed by atoms with Crippen molar-refractivity contribution in [2.45, 2.75) is 12.1 Å². The van der Waals surface area contributed by atoms with Gasteiger partial charge in [-0.15, -0.1) is 0 Å². The van der Waals surface area contributed by atoms with Gasteiger partial charge in [0.2, 0.25) is 0 Å². The smallest absolute Gasteiger partial charge is 0.301 e. The second-order valence-corrected chi connectivity index (χ2v) is 3.15. The van der Waals surface area contributed by atoms with Gasteiger partial charge in [0.25, 0.3) is 5.56 Å². The van der Waals surface area contributed by atoms with Crippen LogP contribution in [0.4, 0.5) is 4.79 Å². The molecule has 0 aliphatic rings. The largest absolute Gasteiger partial charge is 0.310 e. The number of aryl methyl sites for hydroxylation is 1. The molecule has 0 atom stereocenters. The molecule has 1 aromatic rings. The number of hydrogen-bond donors (Lipinski definition) is 3. The molecule has 1 heterocycles. The maximum Gasteiger partial charge on any atom is 0.310 e. The molecule has 7 heteroatoms. The van der Waals surface area contributed by atoms with Gasteiger partial charge in [-0.25, -0.2) is 10.5 Å². The third kappa shape index (κ3) is 2.88. The average Bonchev–Trinajstić information content (AvgIpc) is 2.02. The van der Waals surface area contributed by atoms with Crippen LogP contribution in [0, 0.1) is 6.92 Å². The minimum absolute atomic E-state index is 0.150. The van der Waals surface area contributed by atoms with Gasteiger partial charge in [-0.05, 0) is 6.92 Å². The lowest BCUT2D eigenvalue weighted by Gasteiger charge is -1.98. The molecule has 1 amide bonds. The topological polar surface area (TPSA) is 95.1 Å². The maximum absolute atomic E-state index is 10.9. The first kappa shape index (κ1) is 9.75. The summed E-state index contributed by atoms with van der Waals surface area (Å²) in [5.41, 5.74) is 1.59. The van der Waals surface area contributed by atoms with Gasteiger partial charge in [0.15, 0.2) is 5.16 Å². The van der Waals surface area contributed by atoms with Gasteiger partial charge < -0.3 is 4.98 Å². The Bertz CT molecular complexity index is 376. The van der Waals surface area contributed by atoms with Gasteiger partial charge in [0, 0.05) is 23.5 Å². The molecular weight excluding hydrogens is 194 g/mol. The van der Waals surface area contributed by atoms with E-state index in [9.17, 15) is 9.59 Å². The van der Waals surface area contributed by atoms with Crippen LogP contribution in [-0.2, 0) is 0 Å². The minimum Gasteiger partial charge on any atom is -0.301 e. The first-order chi connectivity index (χ1) is 6.11. The number of carbonyl (C=O) groups excluding carboxylic acids is 1. The molecular formula is C6H7N3O3S. The van der Waals surface area contributed by atoms with E-state index in [0.717, 1.165) is 0 Å². The summed E-state index contributed by atoms with van der Waals surface area (Å²) in [6, 6.07) is 1.31. The lowest BCUT2D eigenvalue weighted by Crippen LogP contribution is -2.15. The number of hydroxylamine groups is 1. The predicted molar refractivity (Wildman–Crippen MR) is 45.8 cm³/mol. The summed E-state index contributed by atoms with van der Waals surface area (Å²) in [4.78, 5) is 27.7. The van der Waals surface area contributed by atoms with E-state index in [2.05, 4.69) is 9.97 Å². The highest BCUT2D eigenvalue weighted by Crippen LogP contribution is 2.10. The molecule has 13 heavy (non-hydrogen) atoms. The first-order valence-electron chi connectivity index (χ1n) is 3.31. The minimum atomic E-state index is -0.700. The fourth-order valence-corrected chi connectivity index (χ4v) is 1.27. The van der Waals surface area contributed by atoms with E-state index >= 15 is 0 Å². The molecule has 1 aromatic heterocycles. The summed E-state index contributed by atoms with van der Waals surface area (Å²) in [7, 11) is 0. The highest BCUT2D eigenvalue weighted by atomic mass is 32.2.